The monoisotopic (exact) mass is 407 g/mol. The molecule has 0 radical (unpaired) electrons. The van der Waals surface area contributed by atoms with E-state index in [-0.39, 0.29) is 19.0 Å². The van der Waals surface area contributed by atoms with Gasteiger partial charge < -0.3 is 9.26 Å². The first kappa shape index (κ1) is 19.3. The van der Waals surface area contributed by atoms with Crippen molar-refractivity contribution in [3.05, 3.63) is 65.0 Å². The maximum atomic E-state index is 12.2. The molecule has 0 fully saturated rings. The van der Waals surface area contributed by atoms with Crippen LogP contribution in [0.1, 0.15) is 11.5 Å². The van der Waals surface area contributed by atoms with Crippen molar-refractivity contribution in [1.29, 1.82) is 0 Å². The van der Waals surface area contributed by atoms with E-state index >= 15 is 0 Å². The number of hydrogen-bond donors (Lipinski definition) is 0. The highest BCUT2D eigenvalue weighted by molar-refractivity contribution is 7.88. The molecule has 0 spiro atoms. The molecule has 0 N–H and O–H groups in total. The van der Waals surface area contributed by atoms with Gasteiger partial charge in [-0.15, -0.1) is 0 Å². The number of halogens is 1. The quantitative estimate of drug-likeness (QED) is 0.597. The molecule has 2 aromatic carbocycles. The Bertz CT molecular complexity index is 1000. The molecule has 142 valence electrons. The molecule has 0 aliphatic heterocycles. The summed E-state index contributed by atoms with van der Waals surface area (Å²) in [6.45, 7) is 0.160. The summed E-state index contributed by atoms with van der Waals surface area (Å²) >= 11 is 5.87. The second kappa shape index (κ2) is 8.08. The lowest BCUT2D eigenvalue weighted by Crippen LogP contribution is -2.29. The lowest BCUT2D eigenvalue weighted by molar-refractivity contribution is 0.313. The molecule has 7 nitrogen and oxygen atoms in total. The summed E-state index contributed by atoms with van der Waals surface area (Å²) in [6.07, 6.45) is 1.15. The first-order valence-corrected chi connectivity index (χ1v) is 10.2. The van der Waals surface area contributed by atoms with Gasteiger partial charge in [-0.2, -0.15) is 9.29 Å². The molecule has 0 aliphatic carbocycles. The van der Waals surface area contributed by atoms with Gasteiger partial charge >= 0.3 is 0 Å². The second-order valence-electron chi connectivity index (χ2n) is 5.90. The molecule has 0 amide bonds. The highest BCUT2D eigenvalue weighted by Crippen LogP contribution is 2.20. The van der Waals surface area contributed by atoms with E-state index in [0.29, 0.717) is 16.6 Å². The van der Waals surface area contributed by atoms with Crippen LogP contribution in [-0.4, -0.2) is 36.2 Å². The second-order valence-corrected chi connectivity index (χ2v) is 8.32. The van der Waals surface area contributed by atoms with E-state index in [1.54, 1.807) is 43.5 Å². The van der Waals surface area contributed by atoms with Gasteiger partial charge in [-0.3, -0.25) is 0 Å². The zero-order chi connectivity index (χ0) is 19.4. The SMILES string of the molecule is COc1ccc(CN(Cc2nc(-c3ccc(Cl)cc3)no2)S(C)(=O)=O)cc1. The smallest absolute Gasteiger partial charge is 0.242 e. The van der Waals surface area contributed by atoms with Gasteiger partial charge in [0.05, 0.1) is 19.9 Å². The Morgan fingerprint density at radius 1 is 1.07 bits per heavy atom. The fourth-order valence-electron chi connectivity index (χ4n) is 2.41. The van der Waals surface area contributed by atoms with Crippen molar-refractivity contribution in [3.8, 4) is 17.1 Å². The Kier molecular flexibility index (Phi) is 5.79. The molecule has 3 rings (SSSR count). The Morgan fingerprint density at radius 2 is 1.74 bits per heavy atom. The molecular formula is C18H18ClN3O4S. The van der Waals surface area contributed by atoms with Crippen LogP contribution >= 0.6 is 11.6 Å². The summed E-state index contributed by atoms with van der Waals surface area (Å²) in [5.41, 5.74) is 1.55. The van der Waals surface area contributed by atoms with Gasteiger partial charge in [0.2, 0.25) is 21.7 Å². The largest absolute Gasteiger partial charge is 0.497 e. The van der Waals surface area contributed by atoms with Gasteiger partial charge in [-0.1, -0.05) is 28.9 Å². The minimum Gasteiger partial charge on any atom is -0.497 e. The Hall–Kier alpha value is -2.42. The summed E-state index contributed by atoms with van der Waals surface area (Å²) in [5, 5.41) is 4.52. The van der Waals surface area contributed by atoms with Crippen molar-refractivity contribution in [2.24, 2.45) is 0 Å². The molecule has 9 heteroatoms. The standard InChI is InChI=1S/C18H18ClN3O4S/c1-25-16-9-3-13(4-10-16)11-22(27(2,23)24)12-17-20-18(21-26-17)14-5-7-15(19)8-6-14/h3-10H,11-12H2,1-2H3. The molecule has 1 aromatic heterocycles. The van der Waals surface area contributed by atoms with E-state index < -0.39 is 10.0 Å². The van der Waals surface area contributed by atoms with Crippen LogP contribution in [0.25, 0.3) is 11.4 Å². The predicted octanol–water partition coefficient (Wildman–Crippen LogP) is 3.36. The van der Waals surface area contributed by atoms with Crippen LogP contribution in [0.3, 0.4) is 0 Å². The number of benzene rings is 2. The number of ether oxygens (including phenoxy) is 1. The summed E-state index contributed by atoms with van der Waals surface area (Å²) in [6, 6.07) is 14.2. The van der Waals surface area contributed by atoms with Crippen LogP contribution in [0.2, 0.25) is 5.02 Å². The van der Waals surface area contributed by atoms with Gasteiger partial charge in [0.1, 0.15) is 5.75 Å². The first-order valence-electron chi connectivity index (χ1n) is 8.02. The molecule has 27 heavy (non-hydrogen) atoms. The van der Waals surface area contributed by atoms with Crippen LogP contribution in [0.5, 0.6) is 5.75 Å². The molecule has 0 saturated carbocycles. The molecular weight excluding hydrogens is 390 g/mol. The van der Waals surface area contributed by atoms with Crippen LogP contribution in [0.4, 0.5) is 0 Å². The zero-order valence-electron chi connectivity index (χ0n) is 14.8. The van der Waals surface area contributed by atoms with E-state index in [1.807, 2.05) is 12.1 Å². The van der Waals surface area contributed by atoms with Gasteiger partial charge in [0.25, 0.3) is 0 Å². The van der Waals surface area contributed by atoms with Crippen molar-refractivity contribution in [2.45, 2.75) is 13.1 Å². The van der Waals surface area contributed by atoms with Crippen molar-refractivity contribution in [2.75, 3.05) is 13.4 Å². The normalized spacial score (nSPS) is 11.7. The van der Waals surface area contributed by atoms with Crippen molar-refractivity contribution < 1.29 is 17.7 Å². The zero-order valence-corrected chi connectivity index (χ0v) is 16.4. The number of rotatable bonds is 7. The molecule has 3 aromatic rings. The van der Waals surface area contributed by atoms with Gasteiger partial charge in [-0.05, 0) is 42.0 Å². The average molecular weight is 408 g/mol. The van der Waals surface area contributed by atoms with E-state index in [1.165, 1.54) is 4.31 Å². The van der Waals surface area contributed by atoms with E-state index in [4.69, 9.17) is 20.9 Å². The summed E-state index contributed by atoms with van der Waals surface area (Å²) in [5.74, 6) is 1.28. The average Bonchev–Trinajstić information content (AvgIpc) is 3.10. The number of nitrogens with zero attached hydrogens (tertiary/aromatic N) is 3. The minimum atomic E-state index is -3.48. The van der Waals surface area contributed by atoms with Crippen LogP contribution < -0.4 is 4.74 Å². The molecule has 0 unspecified atom stereocenters. The predicted molar refractivity (Wildman–Crippen MR) is 102 cm³/mol. The molecule has 1 heterocycles. The lowest BCUT2D eigenvalue weighted by Gasteiger charge is -2.18. The maximum absolute atomic E-state index is 12.2. The lowest BCUT2D eigenvalue weighted by atomic mass is 10.2. The fraction of sp³-hybridized carbons (Fsp3) is 0.222. The van der Waals surface area contributed by atoms with Crippen molar-refractivity contribution >= 4 is 21.6 Å². The van der Waals surface area contributed by atoms with Crippen molar-refractivity contribution in [1.82, 2.24) is 14.4 Å². The topological polar surface area (TPSA) is 85.5 Å². The Labute approximate surface area is 162 Å². The molecule has 0 aliphatic rings. The van der Waals surface area contributed by atoms with Crippen LogP contribution in [-0.2, 0) is 23.1 Å². The van der Waals surface area contributed by atoms with Gasteiger partial charge in [-0.25, -0.2) is 8.42 Å². The number of hydrogen-bond acceptors (Lipinski definition) is 6. The minimum absolute atomic E-state index is 0.0224. The Balaban J connectivity index is 1.78. The number of sulfonamides is 1. The third-order valence-corrected chi connectivity index (χ3v) is 5.32. The highest BCUT2D eigenvalue weighted by atomic mass is 35.5. The molecule has 0 atom stereocenters. The van der Waals surface area contributed by atoms with Crippen LogP contribution in [0, 0.1) is 0 Å². The molecule has 0 saturated heterocycles. The molecule has 0 bridgehead atoms. The fourth-order valence-corrected chi connectivity index (χ4v) is 3.27. The number of aromatic nitrogens is 2. The van der Waals surface area contributed by atoms with E-state index in [0.717, 1.165) is 17.4 Å². The first-order chi connectivity index (χ1) is 12.8. The van der Waals surface area contributed by atoms with E-state index in [2.05, 4.69) is 10.1 Å². The third kappa shape index (κ3) is 5.06. The van der Waals surface area contributed by atoms with Gasteiger partial charge in [0.15, 0.2) is 0 Å². The summed E-state index contributed by atoms with van der Waals surface area (Å²) in [4.78, 5) is 4.29. The highest BCUT2D eigenvalue weighted by Gasteiger charge is 2.21. The van der Waals surface area contributed by atoms with Crippen molar-refractivity contribution in [3.63, 3.8) is 0 Å². The summed E-state index contributed by atoms with van der Waals surface area (Å²) in [7, 11) is -1.91. The maximum Gasteiger partial charge on any atom is 0.242 e. The third-order valence-electron chi connectivity index (χ3n) is 3.87. The van der Waals surface area contributed by atoms with Crippen LogP contribution in [0.15, 0.2) is 53.1 Å². The summed E-state index contributed by atoms with van der Waals surface area (Å²) < 4.78 is 36.0. The number of methoxy groups -OCH3 is 1. The van der Waals surface area contributed by atoms with Gasteiger partial charge in [0, 0.05) is 17.1 Å². The Morgan fingerprint density at radius 3 is 2.33 bits per heavy atom. The van der Waals surface area contributed by atoms with E-state index in [9.17, 15) is 8.42 Å².